The van der Waals surface area contributed by atoms with Crippen molar-refractivity contribution in [3.63, 3.8) is 0 Å². The molecule has 0 saturated heterocycles. The highest BCUT2D eigenvalue weighted by atomic mass is 79.9. The van der Waals surface area contributed by atoms with Gasteiger partial charge in [0.1, 0.15) is 6.61 Å². The van der Waals surface area contributed by atoms with Crippen molar-refractivity contribution in [1.29, 1.82) is 0 Å². The van der Waals surface area contributed by atoms with Crippen molar-refractivity contribution in [1.82, 2.24) is 5.32 Å². The van der Waals surface area contributed by atoms with Crippen LogP contribution in [0, 0.1) is 6.92 Å². The van der Waals surface area contributed by atoms with Crippen LogP contribution < -0.4 is 5.32 Å². The molecule has 0 aliphatic heterocycles. The summed E-state index contributed by atoms with van der Waals surface area (Å²) in [7, 11) is 0. The van der Waals surface area contributed by atoms with Gasteiger partial charge in [0.15, 0.2) is 0 Å². The highest BCUT2D eigenvalue weighted by Crippen LogP contribution is 2.15. The van der Waals surface area contributed by atoms with Crippen molar-refractivity contribution in [2.75, 3.05) is 0 Å². The fraction of sp³-hybridized carbons (Fsp3) is 0.188. The molecule has 0 heterocycles. The van der Waals surface area contributed by atoms with Crippen molar-refractivity contribution < 1.29 is 9.53 Å². The molecule has 0 radical (unpaired) electrons. The summed E-state index contributed by atoms with van der Waals surface area (Å²) >= 11 is 3.42. The van der Waals surface area contributed by atoms with Crippen LogP contribution in [0.2, 0.25) is 0 Å². The molecule has 2 aromatic carbocycles. The van der Waals surface area contributed by atoms with Gasteiger partial charge in [-0.2, -0.15) is 0 Å². The molecule has 20 heavy (non-hydrogen) atoms. The number of carbonyl (C=O) groups excluding carboxylic acids is 1. The summed E-state index contributed by atoms with van der Waals surface area (Å²) in [6.45, 7) is 2.76. The highest BCUT2D eigenvalue weighted by Gasteiger charge is 2.04. The van der Waals surface area contributed by atoms with Gasteiger partial charge < -0.3 is 10.1 Å². The fourth-order valence-corrected chi connectivity index (χ4v) is 2.27. The fourth-order valence-electron chi connectivity index (χ4n) is 1.80. The Bertz CT molecular complexity index is 584. The van der Waals surface area contributed by atoms with Crippen LogP contribution in [0.5, 0.6) is 0 Å². The second-order valence-corrected chi connectivity index (χ2v) is 5.40. The molecule has 0 atom stereocenters. The SMILES string of the molecule is Cc1cc(Br)ccc1CNC(=O)OCc1ccccc1. The maximum absolute atomic E-state index is 11.6. The average molecular weight is 334 g/mol. The molecule has 0 aromatic heterocycles. The first-order valence-corrected chi connectivity index (χ1v) is 7.14. The number of hydrogen-bond donors (Lipinski definition) is 1. The number of amides is 1. The molecule has 0 aliphatic rings. The van der Waals surface area contributed by atoms with E-state index in [-0.39, 0.29) is 6.61 Å². The number of ether oxygens (including phenoxy) is 1. The zero-order valence-corrected chi connectivity index (χ0v) is 12.8. The van der Waals surface area contributed by atoms with E-state index in [9.17, 15) is 4.79 Å². The van der Waals surface area contributed by atoms with E-state index in [0.717, 1.165) is 21.2 Å². The summed E-state index contributed by atoms with van der Waals surface area (Å²) in [6.07, 6.45) is -0.406. The summed E-state index contributed by atoms with van der Waals surface area (Å²) in [4.78, 5) is 11.6. The smallest absolute Gasteiger partial charge is 0.407 e. The van der Waals surface area contributed by atoms with Gasteiger partial charge in [-0.3, -0.25) is 0 Å². The van der Waals surface area contributed by atoms with E-state index in [2.05, 4.69) is 21.2 Å². The molecule has 0 saturated carbocycles. The monoisotopic (exact) mass is 333 g/mol. The molecular weight excluding hydrogens is 318 g/mol. The lowest BCUT2D eigenvalue weighted by Crippen LogP contribution is -2.24. The first-order chi connectivity index (χ1) is 9.65. The Balaban J connectivity index is 1.80. The maximum atomic E-state index is 11.6. The molecule has 2 aromatic rings. The van der Waals surface area contributed by atoms with Gasteiger partial charge >= 0.3 is 6.09 Å². The van der Waals surface area contributed by atoms with Crippen LogP contribution in [0.3, 0.4) is 0 Å². The van der Waals surface area contributed by atoms with Crippen LogP contribution in [0.4, 0.5) is 4.79 Å². The predicted molar refractivity (Wildman–Crippen MR) is 82.3 cm³/mol. The minimum atomic E-state index is -0.406. The third kappa shape index (κ3) is 4.38. The average Bonchev–Trinajstić information content (AvgIpc) is 2.45. The number of nitrogens with one attached hydrogen (secondary N) is 1. The number of benzene rings is 2. The summed E-state index contributed by atoms with van der Waals surface area (Å²) < 4.78 is 6.19. The first-order valence-electron chi connectivity index (χ1n) is 6.35. The summed E-state index contributed by atoms with van der Waals surface area (Å²) in [5.74, 6) is 0. The summed E-state index contributed by atoms with van der Waals surface area (Å²) in [6, 6.07) is 15.6. The van der Waals surface area contributed by atoms with Gasteiger partial charge in [-0.1, -0.05) is 52.3 Å². The number of carbonyl (C=O) groups is 1. The van der Waals surface area contributed by atoms with Crippen molar-refractivity contribution in [3.8, 4) is 0 Å². The van der Waals surface area contributed by atoms with Crippen LogP contribution >= 0.6 is 15.9 Å². The van der Waals surface area contributed by atoms with Gasteiger partial charge in [0.05, 0.1) is 0 Å². The lowest BCUT2D eigenvalue weighted by Gasteiger charge is -2.09. The highest BCUT2D eigenvalue weighted by molar-refractivity contribution is 9.10. The molecule has 0 aliphatic carbocycles. The maximum Gasteiger partial charge on any atom is 0.407 e. The molecule has 4 heteroatoms. The molecule has 0 bridgehead atoms. The molecule has 2 rings (SSSR count). The predicted octanol–water partition coefficient (Wildman–Crippen LogP) is 4.18. The standard InChI is InChI=1S/C16H16BrNO2/c1-12-9-15(17)8-7-14(12)10-18-16(19)20-11-13-5-3-2-4-6-13/h2-9H,10-11H2,1H3,(H,18,19). The Morgan fingerprint density at radius 1 is 1.20 bits per heavy atom. The Morgan fingerprint density at radius 2 is 1.95 bits per heavy atom. The van der Waals surface area contributed by atoms with Crippen molar-refractivity contribution in [3.05, 3.63) is 69.7 Å². The number of alkyl carbamates (subject to hydrolysis) is 1. The lowest BCUT2D eigenvalue weighted by atomic mass is 10.1. The molecule has 0 fully saturated rings. The van der Waals surface area contributed by atoms with Crippen molar-refractivity contribution >= 4 is 22.0 Å². The number of aryl methyl sites for hydroxylation is 1. The lowest BCUT2D eigenvalue weighted by molar-refractivity contribution is 0.139. The zero-order valence-electron chi connectivity index (χ0n) is 11.2. The van der Waals surface area contributed by atoms with Crippen molar-refractivity contribution in [2.45, 2.75) is 20.1 Å². The molecule has 104 valence electrons. The quantitative estimate of drug-likeness (QED) is 0.911. The molecular formula is C16H16BrNO2. The van der Waals surface area contributed by atoms with E-state index in [0.29, 0.717) is 6.54 Å². The van der Waals surface area contributed by atoms with Gasteiger partial charge in [0.25, 0.3) is 0 Å². The van der Waals surface area contributed by atoms with E-state index in [4.69, 9.17) is 4.74 Å². The van der Waals surface area contributed by atoms with Crippen LogP contribution in [-0.2, 0) is 17.9 Å². The third-order valence-corrected chi connectivity index (χ3v) is 3.43. The molecule has 3 nitrogen and oxygen atoms in total. The topological polar surface area (TPSA) is 38.3 Å². The molecule has 1 amide bonds. The summed E-state index contributed by atoms with van der Waals surface area (Å²) in [5.41, 5.74) is 3.18. The van der Waals surface area contributed by atoms with Gasteiger partial charge in [0.2, 0.25) is 0 Å². The Morgan fingerprint density at radius 3 is 2.65 bits per heavy atom. The van der Waals surface area contributed by atoms with Crippen LogP contribution in [0.25, 0.3) is 0 Å². The Hall–Kier alpha value is -1.81. The first kappa shape index (κ1) is 14.6. The Labute approximate surface area is 127 Å². The van der Waals surface area contributed by atoms with Crippen LogP contribution in [0.15, 0.2) is 53.0 Å². The van der Waals surface area contributed by atoms with Gasteiger partial charge in [-0.05, 0) is 35.7 Å². The number of halogens is 1. The molecule has 1 N–H and O–H groups in total. The minimum Gasteiger partial charge on any atom is -0.445 e. The van der Waals surface area contributed by atoms with E-state index >= 15 is 0 Å². The van der Waals surface area contributed by atoms with E-state index in [1.165, 1.54) is 0 Å². The van der Waals surface area contributed by atoms with Gasteiger partial charge in [0, 0.05) is 11.0 Å². The van der Waals surface area contributed by atoms with Crippen molar-refractivity contribution in [2.24, 2.45) is 0 Å². The van der Waals surface area contributed by atoms with Gasteiger partial charge in [-0.25, -0.2) is 4.79 Å². The second kappa shape index (κ2) is 7.10. The minimum absolute atomic E-state index is 0.284. The van der Waals surface area contributed by atoms with Crippen LogP contribution in [0.1, 0.15) is 16.7 Å². The van der Waals surface area contributed by atoms with E-state index < -0.39 is 6.09 Å². The largest absolute Gasteiger partial charge is 0.445 e. The normalized spacial score (nSPS) is 10.1. The summed E-state index contributed by atoms with van der Waals surface area (Å²) in [5, 5.41) is 2.75. The molecule has 0 unspecified atom stereocenters. The number of rotatable bonds is 4. The Kier molecular flexibility index (Phi) is 5.18. The third-order valence-electron chi connectivity index (χ3n) is 2.94. The van der Waals surface area contributed by atoms with Gasteiger partial charge in [-0.15, -0.1) is 0 Å². The molecule has 0 spiro atoms. The zero-order chi connectivity index (χ0) is 14.4. The van der Waals surface area contributed by atoms with Crippen LogP contribution in [-0.4, -0.2) is 6.09 Å². The number of hydrogen-bond acceptors (Lipinski definition) is 2. The van der Waals surface area contributed by atoms with E-state index in [1.54, 1.807) is 0 Å². The van der Waals surface area contributed by atoms with E-state index in [1.807, 2.05) is 55.5 Å². The second-order valence-electron chi connectivity index (χ2n) is 4.49.